The van der Waals surface area contributed by atoms with E-state index in [1.807, 2.05) is 48.5 Å². The molecule has 3 rings (SSSR count). The number of likely N-dealkylation sites (tertiary alicyclic amines) is 1. The standard InChI is InChI=1S/C22H28N4O3.HI/c1-24-22(25-15-17-6-5-9-20(14-17)28-16-21(23)27)26-12-10-19(11-13-26)29-18-7-3-2-4-8-18;/h2-9,14,19H,10-13,15-16H2,1H3,(H2,23,27)(H,24,25);1H. The number of para-hydroxylation sites is 1. The van der Waals surface area contributed by atoms with Gasteiger partial charge in [-0.1, -0.05) is 30.3 Å². The highest BCUT2D eigenvalue weighted by Gasteiger charge is 2.22. The lowest BCUT2D eigenvalue weighted by atomic mass is 10.1. The molecule has 1 fully saturated rings. The SMILES string of the molecule is CN=C(NCc1cccc(OCC(N)=O)c1)N1CCC(Oc2ccccc2)CC1.I. The normalized spacial score (nSPS) is 14.6. The molecule has 0 bridgehead atoms. The number of nitrogens with zero attached hydrogens (tertiary/aromatic N) is 2. The molecule has 7 nitrogen and oxygen atoms in total. The lowest BCUT2D eigenvalue weighted by Crippen LogP contribution is -2.47. The molecule has 1 saturated heterocycles. The minimum Gasteiger partial charge on any atom is -0.490 e. The maximum Gasteiger partial charge on any atom is 0.255 e. The van der Waals surface area contributed by atoms with Gasteiger partial charge in [-0.15, -0.1) is 24.0 Å². The molecule has 2 aromatic rings. The number of ether oxygens (including phenoxy) is 2. The molecule has 1 aliphatic heterocycles. The summed E-state index contributed by atoms with van der Waals surface area (Å²) in [5.41, 5.74) is 6.16. The van der Waals surface area contributed by atoms with Gasteiger partial charge in [-0.05, 0) is 29.8 Å². The van der Waals surface area contributed by atoms with Crippen LogP contribution in [0.15, 0.2) is 59.6 Å². The molecule has 0 aliphatic carbocycles. The Hall–Kier alpha value is -2.49. The number of rotatable bonds is 7. The molecule has 0 radical (unpaired) electrons. The molecule has 1 amide bonds. The summed E-state index contributed by atoms with van der Waals surface area (Å²) in [7, 11) is 1.79. The van der Waals surface area contributed by atoms with E-state index in [1.165, 1.54) is 0 Å². The number of nitrogens with two attached hydrogens (primary N) is 1. The highest BCUT2D eigenvalue weighted by Crippen LogP contribution is 2.19. The number of benzene rings is 2. The third kappa shape index (κ3) is 7.40. The minimum absolute atomic E-state index is 0. The molecule has 8 heteroatoms. The van der Waals surface area contributed by atoms with Crippen molar-refractivity contribution in [2.45, 2.75) is 25.5 Å². The second-order valence-electron chi connectivity index (χ2n) is 6.92. The van der Waals surface area contributed by atoms with Gasteiger partial charge >= 0.3 is 0 Å². The molecule has 0 spiro atoms. The van der Waals surface area contributed by atoms with E-state index in [-0.39, 0.29) is 36.7 Å². The molecule has 1 heterocycles. The number of nitrogens with one attached hydrogen (secondary N) is 1. The van der Waals surface area contributed by atoms with Gasteiger partial charge in [-0.2, -0.15) is 0 Å². The van der Waals surface area contributed by atoms with E-state index in [9.17, 15) is 4.79 Å². The smallest absolute Gasteiger partial charge is 0.255 e. The molecular weight excluding hydrogens is 495 g/mol. The summed E-state index contributed by atoms with van der Waals surface area (Å²) in [6.07, 6.45) is 2.13. The highest BCUT2D eigenvalue weighted by molar-refractivity contribution is 14.0. The topological polar surface area (TPSA) is 89.2 Å². The van der Waals surface area contributed by atoms with Gasteiger partial charge in [0.05, 0.1) is 0 Å². The Kier molecular flexibility index (Phi) is 9.72. The van der Waals surface area contributed by atoms with Crippen molar-refractivity contribution >= 4 is 35.8 Å². The van der Waals surface area contributed by atoms with Crippen LogP contribution in [0, 0.1) is 0 Å². The lowest BCUT2D eigenvalue weighted by molar-refractivity contribution is -0.119. The Balaban J connectivity index is 0.00000320. The van der Waals surface area contributed by atoms with E-state index < -0.39 is 5.91 Å². The number of guanidine groups is 1. The number of carbonyl (C=O) groups is 1. The minimum atomic E-state index is -0.492. The maximum atomic E-state index is 10.9. The third-order valence-corrected chi connectivity index (χ3v) is 4.73. The van der Waals surface area contributed by atoms with E-state index in [1.54, 1.807) is 13.1 Å². The van der Waals surface area contributed by atoms with Crippen molar-refractivity contribution in [2.24, 2.45) is 10.7 Å². The monoisotopic (exact) mass is 524 g/mol. The van der Waals surface area contributed by atoms with E-state index in [4.69, 9.17) is 15.2 Å². The molecule has 0 unspecified atom stereocenters. The molecule has 0 atom stereocenters. The van der Waals surface area contributed by atoms with Crippen LogP contribution in [-0.2, 0) is 11.3 Å². The predicted octanol–water partition coefficient (Wildman–Crippen LogP) is 2.79. The van der Waals surface area contributed by atoms with E-state index >= 15 is 0 Å². The average molecular weight is 524 g/mol. The second kappa shape index (κ2) is 12.3. The number of primary amides is 1. The van der Waals surface area contributed by atoms with Crippen molar-refractivity contribution in [3.05, 3.63) is 60.2 Å². The number of amides is 1. The average Bonchev–Trinajstić information content (AvgIpc) is 2.75. The first kappa shape index (κ1) is 23.8. The zero-order valence-electron chi connectivity index (χ0n) is 17.1. The number of aliphatic imine (C=N–C) groups is 1. The van der Waals surface area contributed by atoms with Crippen molar-refractivity contribution in [3.8, 4) is 11.5 Å². The number of hydrogen-bond donors (Lipinski definition) is 2. The summed E-state index contributed by atoms with van der Waals surface area (Å²) in [4.78, 5) is 17.5. The summed E-state index contributed by atoms with van der Waals surface area (Å²) in [5.74, 6) is 1.92. The highest BCUT2D eigenvalue weighted by atomic mass is 127. The largest absolute Gasteiger partial charge is 0.490 e. The fourth-order valence-corrected chi connectivity index (χ4v) is 3.29. The van der Waals surface area contributed by atoms with Crippen LogP contribution >= 0.6 is 24.0 Å². The lowest BCUT2D eigenvalue weighted by Gasteiger charge is -2.34. The van der Waals surface area contributed by atoms with Gasteiger partial charge in [0.2, 0.25) is 0 Å². The number of hydrogen-bond acceptors (Lipinski definition) is 4. The number of carbonyl (C=O) groups excluding carboxylic acids is 1. The van der Waals surface area contributed by atoms with E-state index in [0.29, 0.717) is 12.3 Å². The van der Waals surface area contributed by atoms with Crippen LogP contribution in [0.1, 0.15) is 18.4 Å². The zero-order chi connectivity index (χ0) is 20.5. The quantitative estimate of drug-likeness (QED) is 0.331. The van der Waals surface area contributed by atoms with Gasteiger partial charge in [0.25, 0.3) is 5.91 Å². The Labute approximate surface area is 194 Å². The molecule has 0 saturated carbocycles. The van der Waals surface area contributed by atoms with Crippen molar-refractivity contribution in [3.63, 3.8) is 0 Å². The molecule has 162 valence electrons. The molecule has 30 heavy (non-hydrogen) atoms. The van der Waals surface area contributed by atoms with Crippen LogP contribution < -0.4 is 20.5 Å². The second-order valence-corrected chi connectivity index (χ2v) is 6.92. The van der Waals surface area contributed by atoms with Gasteiger partial charge in [0.15, 0.2) is 12.6 Å². The molecule has 0 aromatic heterocycles. The fourth-order valence-electron chi connectivity index (χ4n) is 3.29. The number of piperidine rings is 1. The Morgan fingerprint density at radius 3 is 2.50 bits per heavy atom. The summed E-state index contributed by atoms with van der Waals surface area (Å²) < 4.78 is 11.4. The maximum absolute atomic E-state index is 10.9. The number of halogens is 1. The summed E-state index contributed by atoms with van der Waals surface area (Å²) in [6, 6.07) is 17.5. The van der Waals surface area contributed by atoms with Gasteiger partial charge in [0, 0.05) is 39.5 Å². The first-order valence-corrected chi connectivity index (χ1v) is 9.81. The third-order valence-electron chi connectivity index (χ3n) is 4.73. The Morgan fingerprint density at radius 2 is 1.83 bits per heavy atom. The first-order chi connectivity index (χ1) is 14.1. The van der Waals surface area contributed by atoms with Crippen LogP contribution in [0.4, 0.5) is 0 Å². The van der Waals surface area contributed by atoms with Crippen LogP contribution in [0.5, 0.6) is 11.5 Å². The zero-order valence-corrected chi connectivity index (χ0v) is 19.5. The molecule has 1 aliphatic rings. The van der Waals surface area contributed by atoms with Crippen molar-refractivity contribution < 1.29 is 14.3 Å². The van der Waals surface area contributed by atoms with Crippen LogP contribution in [0.3, 0.4) is 0 Å². The van der Waals surface area contributed by atoms with Gasteiger partial charge < -0.3 is 25.4 Å². The van der Waals surface area contributed by atoms with Crippen LogP contribution in [-0.4, -0.2) is 49.6 Å². The summed E-state index contributed by atoms with van der Waals surface area (Å²) >= 11 is 0. The van der Waals surface area contributed by atoms with Crippen LogP contribution in [0.2, 0.25) is 0 Å². The summed E-state index contributed by atoms with van der Waals surface area (Å²) in [5, 5.41) is 3.40. The van der Waals surface area contributed by atoms with E-state index in [0.717, 1.165) is 43.2 Å². The fraction of sp³-hybridized carbons (Fsp3) is 0.364. The van der Waals surface area contributed by atoms with Gasteiger partial charge in [0.1, 0.15) is 17.6 Å². The van der Waals surface area contributed by atoms with E-state index in [2.05, 4.69) is 15.2 Å². The predicted molar refractivity (Wildman–Crippen MR) is 128 cm³/mol. The van der Waals surface area contributed by atoms with Crippen LogP contribution in [0.25, 0.3) is 0 Å². The van der Waals surface area contributed by atoms with Crippen molar-refractivity contribution in [1.29, 1.82) is 0 Å². The Morgan fingerprint density at radius 1 is 1.13 bits per heavy atom. The molecule has 2 aromatic carbocycles. The first-order valence-electron chi connectivity index (χ1n) is 9.81. The molecular formula is C22H29IN4O3. The van der Waals surface area contributed by atoms with Gasteiger partial charge in [-0.3, -0.25) is 9.79 Å². The van der Waals surface area contributed by atoms with Crippen molar-refractivity contribution in [2.75, 3.05) is 26.7 Å². The Bertz CT molecular complexity index is 824. The van der Waals surface area contributed by atoms with Gasteiger partial charge in [-0.25, -0.2) is 0 Å². The summed E-state index contributed by atoms with van der Waals surface area (Å²) in [6.45, 7) is 2.26. The molecule has 3 N–H and O–H groups in total. The van der Waals surface area contributed by atoms with Crippen molar-refractivity contribution in [1.82, 2.24) is 10.2 Å².